The predicted octanol–water partition coefficient (Wildman–Crippen LogP) is 1.82. The topological polar surface area (TPSA) is 77.2 Å². The monoisotopic (exact) mass is 297 g/mol. The van der Waals surface area contributed by atoms with Crippen LogP contribution in [0.4, 0.5) is 5.82 Å². The van der Waals surface area contributed by atoms with Crippen LogP contribution in [0.1, 0.15) is 5.89 Å². The summed E-state index contributed by atoms with van der Waals surface area (Å²) >= 11 is 0. The molecule has 0 N–H and O–H groups in total. The van der Waals surface area contributed by atoms with Crippen molar-refractivity contribution < 1.29 is 9.15 Å². The number of ether oxygens (including phenoxy) is 1. The van der Waals surface area contributed by atoms with Gasteiger partial charge in [-0.1, -0.05) is 24.3 Å². The van der Waals surface area contributed by atoms with E-state index >= 15 is 0 Å². The maximum atomic E-state index is 5.50. The first kappa shape index (κ1) is 13.1. The number of aromatic nitrogens is 4. The lowest BCUT2D eigenvalue weighted by Crippen LogP contribution is -2.37. The highest BCUT2D eigenvalue weighted by molar-refractivity contribution is 5.99. The van der Waals surface area contributed by atoms with Crippen LogP contribution in [0.5, 0.6) is 0 Å². The Hall–Kier alpha value is -2.54. The molecule has 1 aromatic carbocycles. The molecule has 1 aliphatic heterocycles. The van der Waals surface area contributed by atoms with Gasteiger partial charge in [-0.25, -0.2) is 0 Å². The lowest BCUT2D eigenvalue weighted by atomic mass is 10.1. The van der Waals surface area contributed by atoms with Crippen LogP contribution in [0.3, 0.4) is 0 Å². The average molecular weight is 297 g/mol. The van der Waals surface area contributed by atoms with E-state index in [2.05, 4.69) is 25.3 Å². The van der Waals surface area contributed by atoms with Gasteiger partial charge in [0.1, 0.15) is 0 Å². The molecule has 22 heavy (non-hydrogen) atoms. The highest BCUT2D eigenvalue weighted by Gasteiger charge is 2.20. The summed E-state index contributed by atoms with van der Waals surface area (Å²) in [4.78, 5) is 2.20. The summed E-state index contributed by atoms with van der Waals surface area (Å²) < 4.78 is 10.9. The Balaban J connectivity index is 1.88. The molecule has 1 fully saturated rings. The normalized spacial score (nSPS) is 15.4. The fraction of sp³-hybridized carbons (Fsp3) is 0.333. The van der Waals surface area contributed by atoms with Gasteiger partial charge < -0.3 is 14.1 Å². The zero-order valence-electron chi connectivity index (χ0n) is 12.2. The first-order valence-electron chi connectivity index (χ1n) is 7.21. The minimum absolute atomic E-state index is 0.398. The quantitative estimate of drug-likeness (QED) is 0.714. The van der Waals surface area contributed by atoms with E-state index < -0.39 is 0 Å². The summed E-state index contributed by atoms with van der Waals surface area (Å²) in [7, 11) is 0. The molecule has 0 radical (unpaired) electrons. The van der Waals surface area contributed by atoms with Crippen LogP contribution in [0.2, 0.25) is 0 Å². The van der Waals surface area contributed by atoms with Gasteiger partial charge >= 0.3 is 0 Å². The van der Waals surface area contributed by atoms with Crippen molar-refractivity contribution in [3.63, 3.8) is 0 Å². The van der Waals surface area contributed by atoms with E-state index in [1.54, 1.807) is 6.92 Å². The van der Waals surface area contributed by atoms with Gasteiger partial charge in [0.15, 0.2) is 11.5 Å². The van der Waals surface area contributed by atoms with Gasteiger partial charge in [-0.3, -0.25) is 0 Å². The second kappa shape index (κ2) is 5.34. The molecule has 0 unspecified atom stereocenters. The van der Waals surface area contributed by atoms with Crippen molar-refractivity contribution in [2.24, 2.45) is 0 Å². The molecule has 0 atom stereocenters. The average Bonchev–Trinajstić information content (AvgIpc) is 3.01. The van der Waals surface area contributed by atoms with Gasteiger partial charge in [-0.05, 0) is 0 Å². The standard InChI is InChI=1S/C15H15N5O2/c1-10-16-19-15(22-10)13-11-4-2-3-5-12(11)14(18-17-13)20-6-8-21-9-7-20/h2-5H,6-9H2,1H3. The lowest BCUT2D eigenvalue weighted by molar-refractivity contribution is 0.122. The first-order chi connectivity index (χ1) is 10.8. The number of benzene rings is 1. The Morgan fingerprint density at radius 3 is 2.45 bits per heavy atom. The Morgan fingerprint density at radius 2 is 1.73 bits per heavy atom. The van der Waals surface area contributed by atoms with Gasteiger partial charge in [-0.15, -0.1) is 20.4 Å². The second-order valence-electron chi connectivity index (χ2n) is 5.14. The fourth-order valence-corrected chi connectivity index (χ4v) is 2.65. The number of fused-ring (bicyclic) bond motifs is 1. The van der Waals surface area contributed by atoms with E-state index in [1.807, 2.05) is 24.3 Å². The highest BCUT2D eigenvalue weighted by Crippen LogP contribution is 2.30. The molecule has 1 saturated heterocycles. The fourth-order valence-electron chi connectivity index (χ4n) is 2.65. The third-order valence-corrected chi connectivity index (χ3v) is 3.71. The van der Waals surface area contributed by atoms with Crippen LogP contribution >= 0.6 is 0 Å². The molecule has 7 heteroatoms. The van der Waals surface area contributed by atoms with Gasteiger partial charge in [0.2, 0.25) is 5.89 Å². The van der Waals surface area contributed by atoms with Gasteiger partial charge in [0.05, 0.1) is 13.2 Å². The lowest BCUT2D eigenvalue weighted by Gasteiger charge is -2.28. The molecular formula is C15H15N5O2. The van der Waals surface area contributed by atoms with Gasteiger partial charge in [-0.2, -0.15) is 0 Å². The molecule has 0 aliphatic carbocycles. The molecule has 4 rings (SSSR count). The Labute approximate surface area is 126 Å². The Kier molecular flexibility index (Phi) is 3.19. The summed E-state index contributed by atoms with van der Waals surface area (Å²) in [5.41, 5.74) is 0.619. The number of hydrogen-bond donors (Lipinski definition) is 0. The number of nitrogens with zero attached hydrogens (tertiary/aromatic N) is 5. The van der Waals surface area contributed by atoms with E-state index in [-0.39, 0.29) is 0 Å². The summed E-state index contributed by atoms with van der Waals surface area (Å²) in [6.45, 7) is 4.81. The maximum Gasteiger partial charge on any atom is 0.268 e. The van der Waals surface area contributed by atoms with Crippen LogP contribution < -0.4 is 4.90 Å². The smallest absolute Gasteiger partial charge is 0.268 e. The van der Waals surface area contributed by atoms with Gasteiger partial charge in [0.25, 0.3) is 5.89 Å². The van der Waals surface area contributed by atoms with Crippen LogP contribution in [0.15, 0.2) is 28.7 Å². The number of anilines is 1. The largest absolute Gasteiger partial charge is 0.420 e. The highest BCUT2D eigenvalue weighted by atomic mass is 16.5. The summed E-state index contributed by atoms with van der Waals surface area (Å²) in [5, 5.41) is 18.7. The zero-order chi connectivity index (χ0) is 14.9. The summed E-state index contributed by atoms with van der Waals surface area (Å²) in [5.74, 6) is 1.78. The van der Waals surface area contributed by atoms with Crippen molar-refractivity contribution in [2.45, 2.75) is 6.92 Å². The van der Waals surface area contributed by atoms with Crippen LogP contribution in [-0.4, -0.2) is 46.7 Å². The number of morpholine rings is 1. The molecule has 0 amide bonds. The molecule has 0 saturated carbocycles. The van der Waals surface area contributed by atoms with Crippen LogP contribution in [0.25, 0.3) is 22.4 Å². The maximum absolute atomic E-state index is 5.50. The minimum Gasteiger partial charge on any atom is -0.420 e. The molecule has 0 bridgehead atoms. The number of rotatable bonds is 2. The van der Waals surface area contributed by atoms with Crippen molar-refractivity contribution in [1.82, 2.24) is 20.4 Å². The van der Waals surface area contributed by atoms with E-state index in [0.717, 1.165) is 29.7 Å². The number of aryl methyl sites for hydroxylation is 1. The van der Waals surface area contributed by atoms with Crippen molar-refractivity contribution in [2.75, 3.05) is 31.2 Å². The third-order valence-electron chi connectivity index (χ3n) is 3.71. The molecule has 0 spiro atoms. The summed E-state index contributed by atoms with van der Waals surface area (Å²) in [6, 6.07) is 8.01. The van der Waals surface area contributed by atoms with Crippen molar-refractivity contribution in [3.05, 3.63) is 30.2 Å². The molecular weight excluding hydrogens is 282 g/mol. The molecule has 7 nitrogen and oxygen atoms in total. The van der Waals surface area contributed by atoms with E-state index in [4.69, 9.17) is 9.15 Å². The van der Waals surface area contributed by atoms with Crippen molar-refractivity contribution >= 4 is 16.6 Å². The van der Waals surface area contributed by atoms with Crippen molar-refractivity contribution in [1.29, 1.82) is 0 Å². The first-order valence-corrected chi connectivity index (χ1v) is 7.21. The Morgan fingerprint density at radius 1 is 0.955 bits per heavy atom. The number of hydrogen-bond acceptors (Lipinski definition) is 7. The van der Waals surface area contributed by atoms with Crippen LogP contribution in [-0.2, 0) is 4.74 Å². The molecule has 112 valence electrons. The van der Waals surface area contributed by atoms with E-state index in [9.17, 15) is 0 Å². The molecule has 2 aromatic heterocycles. The SMILES string of the molecule is Cc1nnc(-c2nnc(N3CCOCC3)c3ccccc23)o1. The molecule has 1 aliphatic rings. The zero-order valence-corrected chi connectivity index (χ0v) is 12.2. The minimum atomic E-state index is 0.398. The van der Waals surface area contributed by atoms with Gasteiger partial charge in [0, 0.05) is 30.8 Å². The Bertz CT molecular complexity index is 811. The van der Waals surface area contributed by atoms with Crippen molar-refractivity contribution in [3.8, 4) is 11.6 Å². The molecule has 3 aromatic rings. The van der Waals surface area contributed by atoms with Crippen LogP contribution in [0, 0.1) is 6.92 Å². The molecule has 3 heterocycles. The third kappa shape index (κ3) is 2.19. The second-order valence-corrected chi connectivity index (χ2v) is 5.14. The van der Waals surface area contributed by atoms with E-state index in [0.29, 0.717) is 30.7 Å². The van der Waals surface area contributed by atoms with E-state index in [1.165, 1.54) is 0 Å². The predicted molar refractivity (Wildman–Crippen MR) is 80.6 cm³/mol. The summed E-state index contributed by atoms with van der Waals surface area (Å²) in [6.07, 6.45) is 0.